The number of para-hydroxylation sites is 1. The number of hydrogen-bond acceptors (Lipinski definition) is 2. The van der Waals surface area contributed by atoms with Gasteiger partial charge in [-0.1, -0.05) is 18.2 Å². The van der Waals surface area contributed by atoms with E-state index in [0.717, 1.165) is 36.9 Å². The number of benzene rings is 1. The number of hydrogen-bond donors (Lipinski definition) is 3. The highest BCUT2D eigenvalue weighted by molar-refractivity contribution is 14.0. The summed E-state index contributed by atoms with van der Waals surface area (Å²) < 4.78 is 5.31. The fourth-order valence-corrected chi connectivity index (χ4v) is 2.11. The first-order valence-corrected chi connectivity index (χ1v) is 7.50. The van der Waals surface area contributed by atoms with Gasteiger partial charge in [0.05, 0.1) is 13.2 Å². The minimum atomic E-state index is 0. The first kappa shape index (κ1) is 18.8. The fraction of sp³-hybridized carbons (Fsp3) is 0.438. The summed E-state index contributed by atoms with van der Waals surface area (Å²) in [6.45, 7) is 7.70. The van der Waals surface area contributed by atoms with Crippen molar-refractivity contribution in [1.29, 1.82) is 0 Å². The van der Waals surface area contributed by atoms with Crippen molar-refractivity contribution in [1.82, 2.24) is 15.6 Å². The lowest BCUT2D eigenvalue weighted by atomic mass is 10.2. The molecule has 5 nitrogen and oxygen atoms in total. The van der Waals surface area contributed by atoms with Gasteiger partial charge in [-0.2, -0.15) is 0 Å². The summed E-state index contributed by atoms with van der Waals surface area (Å²) in [6.07, 6.45) is 0. The monoisotopic (exact) mass is 416 g/mol. The van der Waals surface area contributed by atoms with Gasteiger partial charge in [0.2, 0.25) is 0 Å². The van der Waals surface area contributed by atoms with Gasteiger partial charge >= 0.3 is 0 Å². The Morgan fingerprint density at radius 1 is 1.23 bits per heavy atom. The zero-order valence-electron chi connectivity index (χ0n) is 13.2. The van der Waals surface area contributed by atoms with Gasteiger partial charge in [-0.3, -0.25) is 0 Å². The molecule has 2 aromatic rings. The lowest BCUT2D eigenvalue weighted by Crippen LogP contribution is -2.39. The molecule has 0 aliphatic heterocycles. The highest BCUT2D eigenvalue weighted by Crippen LogP contribution is 2.14. The van der Waals surface area contributed by atoms with Gasteiger partial charge in [0.15, 0.2) is 5.96 Å². The molecule has 3 N–H and O–H groups in total. The Bertz CT molecular complexity index is 549. The summed E-state index contributed by atoms with van der Waals surface area (Å²) >= 11 is 0. The molecule has 0 fully saturated rings. The summed E-state index contributed by atoms with van der Waals surface area (Å²) in [5, 5.41) is 7.71. The Kier molecular flexibility index (Phi) is 8.91. The molecule has 122 valence electrons. The molecule has 1 aromatic heterocycles. The third-order valence-electron chi connectivity index (χ3n) is 3.08. The lowest BCUT2D eigenvalue weighted by molar-refractivity contribution is 0.152. The van der Waals surface area contributed by atoms with Crippen LogP contribution in [0.3, 0.4) is 0 Å². The van der Waals surface area contributed by atoms with Gasteiger partial charge in [0, 0.05) is 30.9 Å². The van der Waals surface area contributed by atoms with E-state index < -0.39 is 0 Å². The van der Waals surface area contributed by atoms with Crippen LogP contribution in [0.1, 0.15) is 19.5 Å². The molecule has 0 aliphatic rings. The minimum absolute atomic E-state index is 0. The second-order valence-electron chi connectivity index (χ2n) is 4.70. The highest BCUT2D eigenvalue weighted by Gasteiger charge is 2.00. The third kappa shape index (κ3) is 5.84. The average molecular weight is 416 g/mol. The number of aliphatic imine (C=N–C) groups is 1. The van der Waals surface area contributed by atoms with Crippen molar-refractivity contribution in [2.45, 2.75) is 20.4 Å². The van der Waals surface area contributed by atoms with Gasteiger partial charge in [-0.25, -0.2) is 4.99 Å². The van der Waals surface area contributed by atoms with E-state index in [1.54, 1.807) is 0 Å². The lowest BCUT2D eigenvalue weighted by Gasteiger charge is -2.10. The molecule has 1 heterocycles. The number of guanidine groups is 1. The minimum Gasteiger partial charge on any atom is -0.380 e. The van der Waals surface area contributed by atoms with Crippen LogP contribution in [0.4, 0.5) is 0 Å². The standard InChI is InChI=1S/C16H24N4O.HI/c1-3-17-16(18-9-10-21-4-2)19-12-14-11-13-7-5-6-8-15(13)20-14;/h5-8,11,20H,3-4,9-10,12H2,1-2H3,(H2,17,18,19);1H. The fourth-order valence-electron chi connectivity index (χ4n) is 2.11. The normalized spacial score (nSPS) is 11.3. The quantitative estimate of drug-likeness (QED) is 0.282. The van der Waals surface area contributed by atoms with Gasteiger partial charge < -0.3 is 20.4 Å². The van der Waals surface area contributed by atoms with E-state index in [9.17, 15) is 0 Å². The molecular weight excluding hydrogens is 391 g/mol. The van der Waals surface area contributed by atoms with Crippen molar-refractivity contribution < 1.29 is 4.74 Å². The maximum absolute atomic E-state index is 5.31. The molecular formula is C16H25IN4O. The van der Waals surface area contributed by atoms with Crippen LogP contribution >= 0.6 is 24.0 Å². The Morgan fingerprint density at radius 2 is 2.05 bits per heavy atom. The van der Waals surface area contributed by atoms with Crippen LogP contribution in [0.2, 0.25) is 0 Å². The third-order valence-corrected chi connectivity index (χ3v) is 3.08. The molecule has 22 heavy (non-hydrogen) atoms. The van der Waals surface area contributed by atoms with Gasteiger partial charge in [0.1, 0.15) is 0 Å². The Labute approximate surface area is 148 Å². The molecule has 0 saturated heterocycles. The van der Waals surface area contributed by atoms with Crippen molar-refractivity contribution in [2.75, 3.05) is 26.3 Å². The summed E-state index contributed by atoms with van der Waals surface area (Å²) in [5.74, 6) is 0.816. The SMILES string of the molecule is CCNC(=NCc1cc2ccccc2[nH]1)NCCOCC.I. The van der Waals surface area contributed by atoms with Crippen LogP contribution in [0.5, 0.6) is 0 Å². The molecule has 0 saturated carbocycles. The number of fused-ring (bicyclic) bond motifs is 1. The summed E-state index contributed by atoms with van der Waals surface area (Å²) in [5.41, 5.74) is 2.26. The molecule has 1 aromatic carbocycles. The van der Waals surface area contributed by atoms with Crippen LogP contribution in [-0.4, -0.2) is 37.2 Å². The van der Waals surface area contributed by atoms with Crippen LogP contribution in [0, 0.1) is 0 Å². The molecule has 6 heteroatoms. The van der Waals surface area contributed by atoms with E-state index in [-0.39, 0.29) is 24.0 Å². The topological polar surface area (TPSA) is 61.4 Å². The molecule has 0 atom stereocenters. The first-order valence-electron chi connectivity index (χ1n) is 7.50. The number of rotatable bonds is 7. The Hall–Kier alpha value is -1.28. The van der Waals surface area contributed by atoms with Crippen molar-refractivity contribution in [2.24, 2.45) is 4.99 Å². The number of aromatic nitrogens is 1. The Morgan fingerprint density at radius 3 is 2.77 bits per heavy atom. The van der Waals surface area contributed by atoms with Gasteiger partial charge in [-0.05, 0) is 31.4 Å². The number of H-pyrrole nitrogens is 1. The number of nitrogens with zero attached hydrogens (tertiary/aromatic N) is 1. The van der Waals surface area contributed by atoms with E-state index in [1.807, 2.05) is 19.1 Å². The zero-order valence-corrected chi connectivity index (χ0v) is 15.5. The number of nitrogens with one attached hydrogen (secondary N) is 3. The second-order valence-corrected chi connectivity index (χ2v) is 4.70. The van der Waals surface area contributed by atoms with Crippen LogP contribution < -0.4 is 10.6 Å². The molecule has 0 amide bonds. The second kappa shape index (κ2) is 10.4. The van der Waals surface area contributed by atoms with Crippen molar-refractivity contribution in [3.8, 4) is 0 Å². The molecule has 0 unspecified atom stereocenters. The molecule has 0 aliphatic carbocycles. The Balaban J connectivity index is 0.00000242. The van der Waals surface area contributed by atoms with Crippen LogP contribution in [-0.2, 0) is 11.3 Å². The number of aromatic amines is 1. The first-order chi connectivity index (χ1) is 10.3. The van der Waals surface area contributed by atoms with Crippen molar-refractivity contribution in [3.63, 3.8) is 0 Å². The van der Waals surface area contributed by atoms with Gasteiger partial charge in [0.25, 0.3) is 0 Å². The summed E-state index contributed by atoms with van der Waals surface area (Å²) in [7, 11) is 0. The largest absolute Gasteiger partial charge is 0.380 e. The molecule has 2 rings (SSSR count). The average Bonchev–Trinajstić information content (AvgIpc) is 2.92. The smallest absolute Gasteiger partial charge is 0.191 e. The number of ether oxygens (including phenoxy) is 1. The van der Waals surface area contributed by atoms with E-state index in [2.05, 4.69) is 45.7 Å². The van der Waals surface area contributed by atoms with E-state index in [4.69, 9.17) is 4.74 Å². The van der Waals surface area contributed by atoms with E-state index in [1.165, 1.54) is 5.39 Å². The summed E-state index contributed by atoms with van der Waals surface area (Å²) in [4.78, 5) is 7.97. The zero-order chi connectivity index (χ0) is 14.9. The van der Waals surface area contributed by atoms with Crippen LogP contribution in [0.15, 0.2) is 35.3 Å². The maximum Gasteiger partial charge on any atom is 0.191 e. The van der Waals surface area contributed by atoms with E-state index in [0.29, 0.717) is 13.2 Å². The van der Waals surface area contributed by atoms with Crippen molar-refractivity contribution in [3.05, 3.63) is 36.0 Å². The predicted octanol–water partition coefficient (Wildman–Crippen LogP) is 2.88. The molecule has 0 radical (unpaired) electrons. The highest BCUT2D eigenvalue weighted by atomic mass is 127. The van der Waals surface area contributed by atoms with Gasteiger partial charge in [-0.15, -0.1) is 24.0 Å². The van der Waals surface area contributed by atoms with E-state index >= 15 is 0 Å². The van der Waals surface area contributed by atoms with Crippen molar-refractivity contribution >= 4 is 40.8 Å². The molecule has 0 bridgehead atoms. The summed E-state index contributed by atoms with van der Waals surface area (Å²) in [6, 6.07) is 10.4. The van der Waals surface area contributed by atoms with Crippen LogP contribution in [0.25, 0.3) is 10.9 Å². The molecule has 0 spiro atoms. The number of halogens is 1. The predicted molar refractivity (Wildman–Crippen MR) is 103 cm³/mol. The maximum atomic E-state index is 5.31.